The second-order valence-corrected chi connectivity index (χ2v) is 5.88. The number of hydrogen-bond acceptors (Lipinski definition) is 3. The third kappa shape index (κ3) is 2.18. The van der Waals surface area contributed by atoms with Crippen LogP contribution >= 0.6 is 0 Å². The van der Waals surface area contributed by atoms with Crippen molar-refractivity contribution in [1.82, 2.24) is 5.32 Å². The predicted octanol–water partition coefficient (Wildman–Crippen LogP) is 1.89. The van der Waals surface area contributed by atoms with Crippen LogP contribution in [-0.4, -0.2) is 36.2 Å². The summed E-state index contributed by atoms with van der Waals surface area (Å²) in [7, 11) is 0. The number of carbonyl (C=O) groups is 1. The first-order chi connectivity index (χ1) is 9.67. The average Bonchev–Trinajstić information content (AvgIpc) is 3.21. The van der Waals surface area contributed by atoms with E-state index in [9.17, 15) is 9.90 Å². The number of nitrogens with one attached hydrogen (secondary N) is 1. The highest BCUT2D eigenvalue weighted by Crippen LogP contribution is 2.42. The van der Waals surface area contributed by atoms with Crippen molar-refractivity contribution in [2.24, 2.45) is 5.92 Å². The van der Waals surface area contributed by atoms with Crippen molar-refractivity contribution in [2.75, 3.05) is 24.5 Å². The van der Waals surface area contributed by atoms with E-state index in [0.717, 1.165) is 25.8 Å². The van der Waals surface area contributed by atoms with Crippen molar-refractivity contribution in [1.29, 1.82) is 0 Å². The molecule has 1 fully saturated rings. The number of para-hydroxylation sites is 1. The zero-order valence-corrected chi connectivity index (χ0v) is 11.9. The van der Waals surface area contributed by atoms with Gasteiger partial charge in [-0.2, -0.15) is 0 Å². The molecule has 108 valence electrons. The maximum atomic E-state index is 11.9. The van der Waals surface area contributed by atoms with Crippen molar-refractivity contribution in [2.45, 2.75) is 31.7 Å². The number of carboxylic acid groups (broad SMARTS) is 1. The lowest BCUT2D eigenvalue weighted by Gasteiger charge is -2.35. The molecule has 1 saturated carbocycles. The molecule has 0 saturated heterocycles. The molecule has 1 heterocycles. The number of hydrogen-bond donors (Lipinski definition) is 2. The van der Waals surface area contributed by atoms with Gasteiger partial charge in [0.25, 0.3) is 0 Å². The molecule has 4 heteroatoms. The summed E-state index contributed by atoms with van der Waals surface area (Å²) in [6.07, 6.45) is 3.06. The van der Waals surface area contributed by atoms with Crippen LogP contribution in [0.15, 0.2) is 24.3 Å². The van der Waals surface area contributed by atoms with E-state index in [1.54, 1.807) is 0 Å². The van der Waals surface area contributed by atoms with Crippen molar-refractivity contribution < 1.29 is 9.90 Å². The summed E-state index contributed by atoms with van der Waals surface area (Å²) in [6, 6.07) is 8.33. The third-order valence-corrected chi connectivity index (χ3v) is 4.57. The fourth-order valence-electron chi connectivity index (χ4n) is 3.41. The van der Waals surface area contributed by atoms with E-state index in [-0.39, 0.29) is 5.92 Å². The lowest BCUT2D eigenvalue weighted by atomic mass is 9.92. The topological polar surface area (TPSA) is 52.6 Å². The van der Waals surface area contributed by atoms with Crippen LogP contribution in [0.25, 0.3) is 0 Å². The van der Waals surface area contributed by atoms with Crippen LogP contribution in [0.2, 0.25) is 0 Å². The molecule has 0 spiro atoms. The fourth-order valence-corrected chi connectivity index (χ4v) is 3.41. The Labute approximate surface area is 119 Å². The van der Waals surface area contributed by atoms with E-state index in [4.69, 9.17) is 0 Å². The number of fused-ring (bicyclic) bond motifs is 1. The molecule has 0 amide bonds. The van der Waals surface area contributed by atoms with Crippen LogP contribution in [0.1, 0.15) is 25.3 Å². The van der Waals surface area contributed by atoms with Gasteiger partial charge in [0.15, 0.2) is 0 Å². The number of anilines is 1. The van der Waals surface area contributed by atoms with Gasteiger partial charge in [-0.3, -0.25) is 4.79 Å². The minimum atomic E-state index is -0.786. The van der Waals surface area contributed by atoms with Gasteiger partial charge in [0.1, 0.15) is 5.54 Å². The van der Waals surface area contributed by atoms with Gasteiger partial charge in [0.05, 0.1) is 0 Å². The SMILES string of the molecule is CCNC(CN1CCc2ccccc21)(C(=O)O)C1CC1. The maximum absolute atomic E-state index is 11.9. The quantitative estimate of drug-likeness (QED) is 0.832. The first kappa shape index (κ1) is 13.4. The largest absolute Gasteiger partial charge is 0.480 e. The van der Waals surface area contributed by atoms with Gasteiger partial charge < -0.3 is 15.3 Å². The number of likely N-dealkylation sites (N-methyl/N-ethyl adjacent to an activating group) is 1. The average molecular weight is 274 g/mol. The summed E-state index contributed by atoms with van der Waals surface area (Å²) in [6.45, 7) is 4.17. The molecule has 4 nitrogen and oxygen atoms in total. The van der Waals surface area contributed by atoms with Gasteiger partial charge in [-0.05, 0) is 43.4 Å². The molecule has 2 N–H and O–H groups in total. The molecule has 1 aliphatic heterocycles. The Balaban J connectivity index is 1.86. The lowest BCUT2D eigenvalue weighted by Crippen LogP contribution is -2.60. The van der Waals surface area contributed by atoms with E-state index in [0.29, 0.717) is 13.1 Å². The second-order valence-electron chi connectivity index (χ2n) is 5.88. The van der Waals surface area contributed by atoms with Gasteiger partial charge in [-0.1, -0.05) is 25.1 Å². The van der Waals surface area contributed by atoms with E-state index < -0.39 is 11.5 Å². The molecule has 0 bridgehead atoms. The standard InChI is InChI=1S/C16H22N2O2/c1-2-17-16(15(19)20,13-7-8-13)11-18-10-9-12-5-3-4-6-14(12)18/h3-6,13,17H,2,7-11H2,1H3,(H,19,20). The lowest BCUT2D eigenvalue weighted by molar-refractivity contribution is -0.145. The predicted molar refractivity (Wildman–Crippen MR) is 79.1 cm³/mol. The molecule has 0 aromatic heterocycles. The van der Waals surface area contributed by atoms with Gasteiger partial charge in [0, 0.05) is 18.8 Å². The van der Waals surface area contributed by atoms with E-state index in [1.165, 1.54) is 11.3 Å². The molecule has 0 radical (unpaired) electrons. The van der Waals surface area contributed by atoms with E-state index >= 15 is 0 Å². The number of benzene rings is 1. The van der Waals surface area contributed by atoms with Crippen LogP contribution in [0.5, 0.6) is 0 Å². The summed E-state index contributed by atoms with van der Waals surface area (Å²) in [5, 5.41) is 13.1. The minimum absolute atomic E-state index is 0.271. The number of carboxylic acids is 1. The van der Waals surface area contributed by atoms with Crippen LogP contribution in [0.4, 0.5) is 5.69 Å². The maximum Gasteiger partial charge on any atom is 0.326 e. The molecular weight excluding hydrogens is 252 g/mol. The molecule has 1 aromatic carbocycles. The Bertz CT molecular complexity index is 513. The van der Waals surface area contributed by atoms with Crippen LogP contribution in [-0.2, 0) is 11.2 Å². The van der Waals surface area contributed by atoms with Gasteiger partial charge in [-0.15, -0.1) is 0 Å². The number of nitrogens with zero attached hydrogens (tertiary/aromatic N) is 1. The van der Waals surface area contributed by atoms with E-state index in [1.807, 2.05) is 13.0 Å². The molecule has 3 rings (SSSR count). The normalized spacial score (nSPS) is 20.6. The number of aliphatic carboxylic acids is 1. The third-order valence-electron chi connectivity index (χ3n) is 4.57. The fraction of sp³-hybridized carbons (Fsp3) is 0.562. The molecule has 1 atom stereocenters. The summed E-state index contributed by atoms with van der Waals surface area (Å²) in [5.74, 6) is -0.432. The van der Waals surface area contributed by atoms with Crippen molar-refractivity contribution in [3.05, 3.63) is 29.8 Å². The first-order valence-electron chi connectivity index (χ1n) is 7.48. The molecular formula is C16H22N2O2. The smallest absolute Gasteiger partial charge is 0.326 e. The molecule has 1 aromatic rings. The molecule has 20 heavy (non-hydrogen) atoms. The Morgan fingerprint density at radius 3 is 2.85 bits per heavy atom. The van der Waals surface area contributed by atoms with Crippen molar-refractivity contribution >= 4 is 11.7 Å². The Morgan fingerprint density at radius 2 is 2.20 bits per heavy atom. The summed E-state index contributed by atoms with van der Waals surface area (Å²) in [5.41, 5.74) is 1.75. The van der Waals surface area contributed by atoms with Crippen LogP contribution < -0.4 is 10.2 Å². The molecule has 1 aliphatic carbocycles. The Kier molecular flexibility index (Phi) is 3.42. The minimum Gasteiger partial charge on any atom is -0.480 e. The highest BCUT2D eigenvalue weighted by atomic mass is 16.4. The monoisotopic (exact) mass is 274 g/mol. The Morgan fingerprint density at radius 1 is 1.45 bits per heavy atom. The second kappa shape index (κ2) is 5.09. The Hall–Kier alpha value is -1.55. The summed E-state index contributed by atoms with van der Waals surface area (Å²) >= 11 is 0. The van der Waals surface area contributed by atoms with Crippen LogP contribution in [0, 0.1) is 5.92 Å². The highest BCUT2D eigenvalue weighted by molar-refractivity contribution is 5.81. The first-order valence-corrected chi connectivity index (χ1v) is 7.48. The van der Waals surface area contributed by atoms with Gasteiger partial charge >= 0.3 is 5.97 Å². The molecule has 2 aliphatic rings. The van der Waals surface area contributed by atoms with Crippen molar-refractivity contribution in [3.8, 4) is 0 Å². The zero-order chi connectivity index (χ0) is 14.2. The number of rotatable bonds is 6. The van der Waals surface area contributed by atoms with Gasteiger partial charge in [0.2, 0.25) is 0 Å². The van der Waals surface area contributed by atoms with Gasteiger partial charge in [-0.25, -0.2) is 0 Å². The molecule has 1 unspecified atom stereocenters. The highest BCUT2D eigenvalue weighted by Gasteiger charge is 2.52. The van der Waals surface area contributed by atoms with Crippen LogP contribution in [0.3, 0.4) is 0 Å². The summed E-state index contributed by atoms with van der Waals surface area (Å²) in [4.78, 5) is 14.1. The van der Waals surface area contributed by atoms with E-state index in [2.05, 4.69) is 28.4 Å². The summed E-state index contributed by atoms with van der Waals surface area (Å²) < 4.78 is 0. The van der Waals surface area contributed by atoms with Crippen molar-refractivity contribution in [3.63, 3.8) is 0 Å². The zero-order valence-electron chi connectivity index (χ0n) is 11.9.